The first-order valence-corrected chi connectivity index (χ1v) is 11.2. The van der Waals surface area contributed by atoms with E-state index in [0.29, 0.717) is 65.8 Å². The summed E-state index contributed by atoms with van der Waals surface area (Å²) in [5.74, 6) is 0.206. The minimum atomic E-state index is 0.0213. The summed E-state index contributed by atoms with van der Waals surface area (Å²) in [6.07, 6.45) is 3.27. The van der Waals surface area contributed by atoms with Gasteiger partial charge in [0.1, 0.15) is 6.61 Å². The number of hydrogen-bond donors (Lipinski definition) is 1. The van der Waals surface area contributed by atoms with Crippen LogP contribution >= 0.6 is 0 Å². The van der Waals surface area contributed by atoms with E-state index >= 15 is 0 Å². The smallest absolute Gasteiger partial charge is 0.220 e. The van der Waals surface area contributed by atoms with E-state index < -0.39 is 0 Å². The number of carbonyl (C=O) groups is 2. The standard InChI is InChI=1S/C22H43NO7/c1-5-19(3)21(24)18-29-17-16-28-15-14-27-13-12-26-11-9-23-22(25)8-7-10-30-20(4)6-2/h19-20H,5-18H2,1-4H3,(H,23,25). The zero-order chi connectivity index (χ0) is 22.5. The summed E-state index contributed by atoms with van der Waals surface area (Å²) >= 11 is 0. The van der Waals surface area contributed by atoms with Gasteiger partial charge in [-0.05, 0) is 26.2 Å². The van der Waals surface area contributed by atoms with Crippen LogP contribution in [-0.2, 0) is 33.3 Å². The van der Waals surface area contributed by atoms with Crippen molar-refractivity contribution in [3.8, 4) is 0 Å². The lowest BCUT2D eigenvalue weighted by Crippen LogP contribution is -2.27. The van der Waals surface area contributed by atoms with Gasteiger partial charge in [-0.2, -0.15) is 0 Å². The highest BCUT2D eigenvalue weighted by molar-refractivity contribution is 5.81. The van der Waals surface area contributed by atoms with Crippen LogP contribution in [0.3, 0.4) is 0 Å². The summed E-state index contributed by atoms with van der Waals surface area (Å²) in [4.78, 5) is 23.2. The van der Waals surface area contributed by atoms with Crippen LogP contribution in [0, 0.1) is 5.92 Å². The van der Waals surface area contributed by atoms with Crippen LogP contribution in [0.5, 0.6) is 0 Å². The first-order valence-electron chi connectivity index (χ1n) is 11.2. The number of rotatable bonds is 22. The summed E-state index contributed by atoms with van der Waals surface area (Å²) in [6.45, 7) is 12.5. The molecule has 0 aliphatic carbocycles. The van der Waals surface area contributed by atoms with Gasteiger partial charge in [0.2, 0.25) is 5.91 Å². The van der Waals surface area contributed by atoms with Crippen molar-refractivity contribution in [3.63, 3.8) is 0 Å². The third kappa shape index (κ3) is 18.9. The molecule has 0 spiro atoms. The topological polar surface area (TPSA) is 92.3 Å². The number of ether oxygens (including phenoxy) is 5. The Morgan fingerprint density at radius 1 is 0.767 bits per heavy atom. The van der Waals surface area contributed by atoms with Crippen LogP contribution < -0.4 is 5.32 Å². The van der Waals surface area contributed by atoms with Crippen molar-refractivity contribution in [1.82, 2.24) is 5.32 Å². The average molecular weight is 434 g/mol. The summed E-state index contributed by atoms with van der Waals surface area (Å²) in [7, 11) is 0. The number of Topliss-reactive ketones (excluding diaryl/α,β-unsaturated/α-hetero) is 1. The second-order valence-corrected chi connectivity index (χ2v) is 7.21. The average Bonchev–Trinajstić information content (AvgIpc) is 2.75. The molecule has 0 radical (unpaired) electrons. The van der Waals surface area contributed by atoms with Crippen LogP contribution in [0.15, 0.2) is 0 Å². The first-order chi connectivity index (χ1) is 14.5. The largest absolute Gasteiger partial charge is 0.379 e. The lowest BCUT2D eigenvalue weighted by atomic mass is 10.1. The van der Waals surface area contributed by atoms with E-state index in [1.165, 1.54) is 0 Å². The number of hydrogen-bond acceptors (Lipinski definition) is 7. The summed E-state index contributed by atoms with van der Waals surface area (Å²) in [6, 6.07) is 0. The Morgan fingerprint density at radius 2 is 1.33 bits per heavy atom. The minimum absolute atomic E-state index is 0.0213. The van der Waals surface area contributed by atoms with E-state index in [-0.39, 0.29) is 30.3 Å². The van der Waals surface area contributed by atoms with Crippen molar-refractivity contribution < 1.29 is 33.3 Å². The fourth-order valence-electron chi connectivity index (χ4n) is 2.19. The van der Waals surface area contributed by atoms with Gasteiger partial charge in [0.15, 0.2) is 5.78 Å². The van der Waals surface area contributed by atoms with E-state index in [2.05, 4.69) is 12.2 Å². The van der Waals surface area contributed by atoms with Gasteiger partial charge in [-0.15, -0.1) is 0 Å². The van der Waals surface area contributed by atoms with Crippen molar-refractivity contribution in [2.45, 2.75) is 59.5 Å². The van der Waals surface area contributed by atoms with Gasteiger partial charge in [-0.1, -0.05) is 20.8 Å². The van der Waals surface area contributed by atoms with E-state index in [1.54, 1.807) is 0 Å². The predicted octanol–water partition coefficient (Wildman–Crippen LogP) is 2.38. The van der Waals surface area contributed by atoms with Gasteiger partial charge in [0, 0.05) is 25.5 Å². The Morgan fingerprint density at radius 3 is 1.90 bits per heavy atom. The molecule has 0 saturated heterocycles. The fraction of sp³-hybridized carbons (Fsp3) is 0.909. The van der Waals surface area contributed by atoms with Crippen molar-refractivity contribution in [1.29, 1.82) is 0 Å². The van der Waals surface area contributed by atoms with Crippen LogP contribution in [0.4, 0.5) is 0 Å². The first kappa shape index (κ1) is 28.9. The molecule has 0 saturated carbocycles. The molecule has 0 aromatic rings. The maximum Gasteiger partial charge on any atom is 0.220 e. The molecule has 1 amide bonds. The second-order valence-electron chi connectivity index (χ2n) is 7.21. The molecule has 0 heterocycles. The van der Waals surface area contributed by atoms with E-state index in [1.807, 2.05) is 20.8 Å². The minimum Gasteiger partial charge on any atom is -0.379 e. The molecule has 2 atom stereocenters. The maximum atomic E-state index is 11.6. The van der Waals surface area contributed by atoms with Gasteiger partial charge in [0.25, 0.3) is 0 Å². The summed E-state index contributed by atoms with van der Waals surface area (Å²) in [5, 5.41) is 2.82. The van der Waals surface area contributed by atoms with Gasteiger partial charge in [-0.25, -0.2) is 0 Å². The van der Waals surface area contributed by atoms with Crippen LogP contribution in [-0.4, -0.2) is 83.8 Å². The Kier molecular flexibility index (Phi) is 20.4. The van der Waals surface area contributed by atoms with Crippen molar-refractivity contribution in [3.05, 3.63) is 0 Å². The molecular formula is C22H43NO7. The molecule has 0 aliphatic heterocycles. The van der Waals surface area contributed by atoms with Crippen molar-refractivity contribution in [2.24, 2.45) is 5.92 Å². The predicted molar refractivity (Wildman–Crippen MR) is 116 cm³/mol. The van der Waals surface area contributed by atoms with Crippen LogP contribution in [0.2, 0.25) is 0 Å². The van der Waals surface area contributed by atoms with Crippen molar-refractivity contribution in [2.75, 3.05) is 66.0 Å². The highest BCUT2D eigenvalue weighted by Gasteiger charge is 2.09. The quantitative estimate of drug-likeness (QED) is 0.262. The van der Waals surface area contributed by atoms with Crippen LogP contribution in [0.25, 0.3) is 0 Å². The second kappa shape index (κ2) is 21.2. The molecule has 0 aliphatic rings. The Hall–Kier alpha value is -1.06. The van der Waals surface area contributed by atoms with Gasteiger partial charge >= 0.3 is 0 Å². The zero-order valence-electron chi connectivity index (χ0n) is 19.4. The van der Waals surface area contributed by atoms with Gasteiger partial charge < -0.3 is 29.0 Å². The lowest BCUT2D eigenvalue weighted by molar-refractivity contribution is -0.127. The SMILES string of the molecule is CCC(C)OCCCC(=O)NCCOCCOCCOCCOCC(=O)C(C)CC. The molecular weight excluding hydrogens is 390 g/mol. The zero-order valence-corrected chi connectivity index (χ0v) is 19.4. The monoisotopic (exact) mass is 433 g/mol. The molecule has 1 N–H and O–H groups in total. The third-order valence-corrected chi connectivity index (χ3v) is 4.62. The molecule has 0 rings (SSSR count). The molecule has 0 aromatic carbocycles. The highest BCUT2D eigenvalue weighted by Crippen LogP contribution is 2.02. The maximum absolute atomic E-state index is 11.6. The third-order valence-electron chi connectivity index (χ3n) is 4.62. The van der Waals surface area contributed by atoms with E-state index in [4.69, 9.17) is 23.7 Å². The summed E-state index contributed by atoms with van der Waals surface area (Å²) < 4.78 is 27.0. The molecule has 178 valence electrons. The Balaban J connectivity index is 3.24. The normalized spacial score (nSPS) is 13.2. The van der Waals surface area contributed by atoms with Gasteiger partial charge in [0.05, 0.1) is 52.4 Å². The molecule has 8 nitrogen and oxygen atoms in total. The molecule has 0 fully saturated rings. The van der Waals surface area contributed by atoms with E-state index in [9.17, 15) is 9.59 Å². The molecule has 0 bridgehead atoms. The molecule has 8 heteroatoms. The number of amides is 1. The highest BCUT2D eigenvalue weighted by atomic mass is 16.6. The van der Waals surface area contributed by atoms with Gasteiger partial charge in [-0.3, -0.25) is 9.59 Å². The number of carbonyl (C=O) groups excluding carboxylic acids is 2. The number of nitrogens with one attached hydrogen (secondary N) is 1. The molecule has 0 aromatic heterocycles. The molecule has 2 unspecified atom stereocenters. The Labute approximate surface area is 182 Å². The molecule has 30 heavy (non-hydrogen) atoms. The summed E-state index contributed by atoms with van der Waals surface area (Å²) in [5.41, 5.74) is 0. The Bertz CT molecular complexity index is 420. The fourth-order valence-corrected chi connectivity index (χ4v) is 2.19. The van der Waals surface area contributed by atoms with Crippen molar-refractivity contribution >= 4 is 11.7 Å². The number of ketones is 1. The van der Waals surface area contributed by atoms with E-state index in [0.717, 1.165) is 19.3 Å². The lowest BCUT2D eigenvalue weighted by Gasteiger charge is -2.10. The van der Waals surface area contributed by atoms with Crippen LogP contribution in [0.1, 0.15) is 53.4 Å².